The van der Waals surface area contributed by atoms with Crippen molar-refractivity contribution in [2.75, 3.05) is 18.4 Å². The van der Waals surface area contributed by atoms with Gasteiger partial charge in [-0.1, -0.05) is 42.1 Å². The summed E-state index contributed by atoms with van der Waals surface area (Å²) in [6, 6.07) is 4.70. The number of aryl methyl sites for hydroxylation is 1. The molecule has 1 N–H and O–H groups in total. The normalized spacial score (nSPS) is 15.6. The van der Waals surface area contributed by atoms with Crippen LogP contribution < -0.4 is 10.9 Å². The predicted molar refractivity (Wildman–Crippen MR) is 116 cm³/mol. The zero-order valence-electron chi connectivity index (χ0n) is 16.4. The summed E-state index contributed by atoms with van der Waals surface area (Å²) >= 11 is 11.5. The van der Waals surface area contributed by atoms with Crippen LogP contribution in [0.15, 0.2) is 34.1 Å². The van der Waals surface area contributed by atoms with Crippen molar-refractivity contribution in [2.24, 2.45) is 0 Å². The minimum Gasteiger partial charge on any atom is -0.324 e. The highest BCUT2D eigenvalue weighted by molar-refractivity contribution is 7.89. The Labute approximate surface area is 184 Å². The van der Waals surface area contributed by atoms with Crippen molar-refractivity contribution < 1.29 is 13.2 Å². The summed E-state index contributed by atoms with van der Waals surface area (Å²) in [7, 11) is -3.67. The van der Waals surface area contributed by atoms with E-state index in [0.29, 0.717) is 24.3 Å². The SMILES string of the molecule is Cc1ccc(NC(=O)Cn2ncc(Cl)c(Cl)c2=O)cc1S(=O)(=O)N1CCCCCC1. The minimum absolute atomic E-state index is 0.000204. The molecule has 162 valence electrons. The van der Waals surface area contributed by atoms with E-state index in [2.05, 4.69) is 10.4 Å². The largest absolute Gasteiger partial charge is 0.324 e. The first kappa shape index (κ1) is 22.7. The van der Waals surface area contributed by atoms with E-state index in [-0.39, 0.29) is 14.9 Å². The van der Waals surface area contributed by atoms with Gasteiger partial charge in [-0.3, -0.25) is 9.59 Å². The molecule has 1 amide bonds. The van der Waals surface area contributed by atoms with Crippen molar-refractivity contribution in [3.05, 3.63) is 50.4 Å². The zero-order valence-corrected chi connectivity index (χ0v) is 18.7. The highest BCUT2D eigenvalue weighted by atomic mass is 35.5. The van der Waals surface area contributed by atoms with Gasteiger partial charge in [-0.25, -0.2) is 13.1 Å². The van der Waals surface area contributed by atoms with E-state index in [9.17, 15) is 18.0 Å². The number of halogens is 2. The number of rotatable bonds is 5. The molecular weight excluding hydrogens is 451 g/mol. The number of carbonyl (C=O) groups is 1. The van der Waals surface area contributed by atoms with Gasteiger partial charge in [0.05, 0.1) is 16.1 Å². The molecule has 1 saturated heterocycles. The highest BCUT2D eigenvalue weighted by Gasteiger charge is 2.27. The number of amides is 1. The maximum atomic E-state index is 13.1. The van der Waals surface area contributed by atoms with E-state index in [4.69, 9.17) is 23.2 Å². The maximum absolute atomic E-state index is 13.1. The Bertz CT molecular complexity index is 1110. The number of hydrogen-bond acceptors (Lipinski definition) is 5. The number of carbonyl (C=O) groups excluding carboxylic acids is 1. The molecule has 0 radical (unpaired) electrons. The second-order valence-electron chi connectivity index (χ2n) is 7.12. The number of hydrogen-bond donors (Lipinski definition) is 1. The Hall–Kier alpha value is -1.94. The van der Waals surface area contributed by atoms with Crippen molar-refractivity contribution in [3.8, 4) is 0 Å². The second-order valence-corrected chi connectivity index (χ2v) is 9.81. The Morgan fingerprint density at radius 1 is 1.17 bits per heavy atom. The average Bonchev–Trinajstić information content (AvgIpc) is 3.00. The van der Waals surface area contributed by atoms with Crippen molar-refractivity contribution >= 4 is 44.8 Å². The number of sulfonamides is 1. The molecule has 0 aliphatic carbocycles. The lowest BCUT2D eigenvalue weighted by molar-refractivity contribution is -0.117. The Morgan fingerprint density at radius 3 is 2.50 bits per heavy atom. The fourth-order valence-corrected chi connectivity index (χ4v) is 5.31. The smallest absolute Gasteiger partial charge is 0.287 e. The number of nitrogens with zero attached hydrogens (tertiary/aromatic N) is 3. The quantitative estimate of drug-likeness (QED) is 0.720. The molecule has 1 aromatic carbocycles. The Morgan fingerprint density at radius 2 is 1.83 bits per heavy atom. The highest BCUT2D eigenvalue weighted by Crippen LogP contribution is 2.26. The van der Waals surface area contributed by atoms with Crippen LogP contribution in [0.4, 0.5) is 5.69 Å². The fraction of sp³-hybridized carbons (Fsp3) is 0.421. The lowest BCUT2D eigenvalue weighted by Crippen LogP contribution is -2.32. The summed E-state index contributed by atoms with van der Waals surface area (Å²) in [4.78, 5) is 24.6. The van der Waals surface area contributed by atoms with Crippen LogP contribution in [-0.4, -0.2) is 41.5 Å². The molecule has 0 saturated carbocycles. The lowest BCUT2D eigenvalue weighted by atomic mass is 10.2. The van der Waals surface area contributed by atoms with E-state index in [1.54, 1.807) is 19.1 Å². The zero-order chi connectivity index (χ0) is 21.9. The van der Waals surface area contributed by atoms with Crippen LogP contribution in [0.5, 0.6) is 0 Å². The monoisotopic (exact) mass is 472 g/mol. The molecule has 1 aromatic heterocycles. The first-order valence-corrected chi connectivity index (χ1v) is 11.7. The van der Waals surface area contributed by atoms with Crippen LogP contribution in [-0.2, 0) is 21.4 Å². The summed E-state index contributed by atoms with van der Waals surface area (Å²) in [5, 5.41) is 6.17. The van der Waals surface area contributed by atoms with E-state index in [0.717, 1.165) is 30.4 Å². The summed E-state index contributed by atoms with van der Waals surface area (Å²) in [5.41, 5.74) is 0.222. The van der Waals surface area contributed by atoms with Gasteiger partial charge in [0.25, 0.3) is 5.56 Å². The molecule has 30 heavy (non-hydrogen) atoms. The summed E-state index contributed by atoms with van der Waals surface area (Å²) in [6.45, 7) is 2.31. The van der Waals surface area contributed by atoms with Crippen LogP contribution in [0.1, 0.15) is 31.2 Å². The third-order valence-electron chi connectivity index (χ3n) is 4.89. The Balaban J connectivity index is 1.80. The third-order valence-corrected chi connectivity index (χ3v) is 7.68. The van der Waals surface area contributed by atoms with Crippen molar-refractivity contribution in [1.29, 1.82) is 0 Å². The van der Waals surface area contributed by atoms with E-state index in [1.165, 1.54) is 16.6 Å². The van der Waals surface area contributed by atoms with Gasteiger partial charge in [0.1, 0.15) is 11.6 Å². The average molecular weight is 473 g/mol. The van der Waals surface area contributed by atoms with Gasteiger partial charge in [0.15, 0.2) is 0 Å². The number of nitrogens with one attached hydrogen (secondary N) is 1. The molecular formula is C19H22Cl2N4O4S. The van der Waals surface area contributed by atoms with Gasteiger partial charge in [0.2, 0.25) is 15.9 Å². The molecule has 0 spiro atoms. The van der Waals surface area contributed by atoms with Gasteiger partial charge in [-0.2, -0.15) is 9.40 Å². The van der Waals surface area contributed by atoms with Crippen LogP contribution in [0.25, 0.3) is 0 Å². The van der Waals surface area contributed by atoms with E-state index in [1.807, 2.05) is 0 Å². The van der Waals surface area contributed by atoms with Gasteiger partial charge < -0.3 is 5.32 Å². The first-order valence-electron chi connectivity index (χ1n) is 9.52. The topological polar surface area (TPSA) is 101 Å². The molecule has 0 atom stereocenters. The summed E-state index contributed by atoms with van der Waals surface area (Å²) < 4.78 is 28.7. The van der Waals surface area contributed by atoms with Crippen LogP contribution in [0.2, 0.25) is 10.0 Å². The second kappa shape index (κ2) is 9.47. The van der Waals surface area contributed by atoms with Crippen molar-refractivity contribution in [1.82, 2.24) is 14.1 Å². The molecule has 1 fully saturated rings. The van der Waals surface area contributed by atoms with Crippen LogP contribution >= 0.6 is 23.2 Å². The Kier molecular flexibility index (Phi) is 7.18. The van der Waals surface area contributed by atoms with Gasteiger partial charge >= 0.3 is 0 Å². The van der Waals surface area contributed by atoms with E-state index >= 15 is 0 Å². The number of benzene rings is 1. The summed E-state index contributed by atoms with van der Waals surface area (Å²) in [5.74, 6) is -0.551. The molecule has 2 heterocycles. The number of anilines is 1. The lowest BCUT2D eigenvalue weighted by Gasteiger charge is -2.21. The van der Waals surface area contributed by atoms with Gasteiger partial charge in [-0.15, -0.1) is 0 Å². The molecule has 2 aromatic rings. The molecule has 1 aliphatic rings. The molecule has 1 aliphatic heterocycles. The minimum atomic E-state index is -3.67. The van der Waals surface area contributed by atoms with Crippen LogP contribution in [0, 0.1) is 6.92 Å². The van der Waals surface area contributed by atoms with Crippen molar-refractivity contribution in [2.45, 2.75) is 44.0 Å². The van der Waals surface area contributed by atoms with Crippen molar-refractivity contribution in [3.63, 3.8) is 0 Å². The first-order chi connectivity index (χ1) is 14.2. The maximum Gasteiger partial charge on any atom is 0.287 e. The van der Waals surface area contributed by atoms with Crippen LogP contribution in [0.3, 0.4) is 0 Å². The third kappa shape index (κ3) is 5.03. The summed E-state index contributed by atoms with van der Waals surface area (Å²) in [6.07, 6.45) is 4.88. The fourth-order valence-electron chi connectivity index (χ4n) is 3.27. The van der Waals surface area contributed by atoms with Gasteiger partial charge in [-0.05, 0) is 37.5 Å². The van der Waals surface area contributed by atoms with E-state index < -0.39 is 28.0 Å². The molecule has 8 nitrogen and oxygen atoms in total. The molecule has 3 rings (SSSR count). The van der Waals surface area contributed by atoms with Gasteiger partial charge in [0, 0.05) is 18.8 Å². The molecule has 11 heteroatoms. The molecule has 0 unspecified atom stereocenters. The molecule has 0 bridgehead atoms. The number of aromatic nitrogens is 2. The standard InChI is InChI=1S/C19H22Cl2N4O4S/c1-13-6-7-14(10-16(13)30(28,29)24-8-4-2-3-5-9-24)23-17(26)12-25-19(27)18(21)15(20)11-22-25/h6-7,10-11H,2-5,8-9,12H2,1H3,(H,23,26). The predicted octanol–water partition coefficient (Wildman–Crippen LogP) is 3.06.